The van der Waals surface area contributed by atoms with Gasteiger partial charge < -0.3 is 10.2 Å². The number of benzene rings is 1. The van der Waals surface area contributed by atoms with E-state index >= 15 is 0 Å². The first kappa shape index (κ1) is 12.6. The summed E-state index contributed by atoms with van der Waals surface area (Å²) < 4.78 is 0. The standard InChI is InChI=1S/C12H14O3S/c13-11(14)10(12(15)16)8-4-7-9-5-2-1-3-6-9/h1-3,5-6,10H,4,7-8H2,(H,13,14)(H,15,16). The molecule has 0 fully saturated rings. The molecule has 4 heteroatoms. The molecule has 0 aliphatic heterocycles. The van der Waals surface area contributed by atoms with Gasteiger partial charge in [0.15, 0.2) is 5.05 Å². The second-order valence-corrected chi connectivity index (χ2v) is 4.03. The predicted molar refractivity (Wildman–Crippen MR) is 65.7 cm³/mol. The third-order valence-corrected chi connectivity index (χ3v) is 2.68. The molecule has 1 atom stereocenters. The number of hydrogen-bond acceptors (Lipinski definition) is 2. The first-order valence-electron chi connectivity index (χ1n) is 5.11. The highest BCUT2D eigenvalue weighted by atomic mass is 32.1. The van der Waals surface area contributed by atoms with Crippen molar-refractivity contribution in [2.75, 3.05) is 0 Å². The number of thiocarbonyl (C=S) groups is 1. The highest BCUT2D eigenvalue weighted by molar-refractivity contribution is 7.80. The Morgan fingerprint density at radius 3 is 2.38 bits per heavy atom. The van der Waals surface area contributed by atoms with Crippen LogP contribution in [0.3, 0.4) is 0 Å². The molecule has 0 heterocycles. The van der Waals surface area contributed by atoms with Crippen molar-refractivity contribution in [3.05, 3.63) is 35.9 Å². The van der Waals surface area contributed by atoms with Crippen LogP contribution in [-0.4, -0.2) is 21.2 Å². The van der Waals surface area contributed by atoms with Gasteiger partial charge in [0.05, 0.1) is 0 Å². The molecule has 0 saturated heterocycles. The number of aliphatic hydroxyl groups is 1. The summed E-state index contributed by atoms with van der Waals surface area (Å²) in [7, 11) is 0. The van der Waals surface area contributed by atoms with Gasteiger partial charge in [0, 0.05) is 0 Å². The number of carboxylic acids is 1. The summed E-state index contributed by atoms with van der Waals surface area (Å²) in [4.78, 5) is 10.7. The van der Waals surface area contributed by atoms with Crippen molar-refractivity contribution in [1.82, 2.24) is 0 Å². The van der Waals surface area contributed by atoms with E-state index in [0.717, 1.165) is 12.0 Å². The van der Waals surface area contributed by atoms with Crippen molar-refractivity contribution in [2.45, 2.75) is 19.3 Å². The van der Waals surface area contributed by atoms with Gasteiger partial charge >= 0.3 is 5.97 Å². The molecule has 0 radical (unpaired) electrons. The van der Waals surface area contributed by atoms with E-state index in [1.807, 2.05) is 30.3 Å². The molecule has 0 aromatic heterocycles. The highest BCUT2D eigenvalue weighted by Gasteiger charge is 2.21. The van der Waals surface area contributed by atoms with Crippen molar-refractivity contribution in [3.8, 4) is 0 Å². The van der Waals surface area contributed by atoms with E-state index in [2.05, 4.69) is 12.2 Å². The van der Waals surface area contributed by atoms with Gasteiger partial charge in [-0.15, -0.1) is 0 Å². The largest absolute Gasteiger partial charge is 0.501 e. The molecule has 1 aromatic rings. The van der Waals surface area contributed by atoms with Crippen molar-refractivity contribution < 1.29 is 15.0 Å². The summed E-state index contributed by atoms with van der Waals surface area (Å²) in [6.07, 6.45) is 1.87. The van der Waals surface area contributed by atoms with Gasteiger partial charge in [0.1, 0.15) is 5.92 Å². The zero-order valence-corrected chi connectivity index (χ0v) is 9.61. The predicted octanol–water partition coefficient (Wildman–Crippen LogP) is 2.60. The maximum atomic E-state index is 10.7. The molecule has 1 aromatic carbocycles. The fraction of sp³-hybridized carbons (Fsp3) is 0.333. The first-order valence-corrected chi connectivity index (χ1v) is 5.51. The maximum Gasteiger partial charge on any atom is 0.315 e. The summed E-state index contributed by atoms with van der Waals surface area (Å²) in [6, 6.07) is 9.81. The lowest BCUT2D eigenvalue weighted by Crippen LogP contribution is -2.21. The van der Waals surface area contributed by atoms with Crippen molar-refractivity contribution in [2.24, 2.45) is 5.92 Å². The fourth-order valence-electron chi connectivity index (χ4n) is 1.51. The van der Waals surface area contributed by atoms with Gasteiger partial charge in [-0.2, -0.15) is 0 Å². The van der Waals surface area contributed by atoms with Crippen LogP contribution in [0.15, 0.2) is 30.3 Å². The van der Waals surface area contributed by atoms with Crippen LogP contribution in [0.5, 0.6) is 0 Å². The zero-order chi connectivity index (χ0) is 12.0. The van der Waals surface area contributed by atoms with Gasteiger partial charge in [0.25, 0.3) is 0 Å². The Balaban J connectivity index is 2.40. The number of aryl methyl sites for hydroxylation is 1. The van der Waals surface area contributed by atoms with Crippen LogP contribution in [0.4, 0.5) is 0 Å². The number of aliphatic hydroxyl groups excluding tert-OH is 1. The topological polar surface area (TPSA) is 57.5 Å². The molecule has 0 saturated carbocycles. The summed E-state index contributed by atoms with van der Waals surface area (Å²) in [6.45, 7) is 0. The van der Waals surface area contributed by atoms with Crippen molar-refractivity contribution >= 4 is 23.2 Å². The summed E-state index contributed by atoms with van der Waals surface area (Å²) in [5, 5.41) is 17.4. The minimum Gasteiger partial charge on any atom is -0.501 e. The summed E-state index contributed by atoms with van der Waals surface area (Å²) >= 11 is 4.50. The monoisotopic (exact) mass is 238 g/mol. The Morgan fingerprint density at radius 1 is 1.25 bits per heavy atom. The number of hydrogen-bond donors (Lipinski definition) is 2. The molecule has 2 N–H and O–H groups in total. The molecule has 0 spiro atoms. The van der Waals surface area contributed by atoms with Gasteiger partial charge in [-0.25, -0.2) is 0 Å². The van der Waals surface area contributed by atoms with Gasteiger partial charge in [-0.1, -0.05) is 30.3 Å². The van der Waals surface area contributed by atoms with Crippen LogP contribution < -0.4 is 0 Å². The smallest absolute Gasteiger partial charge is 0.315 e. The SMILES string of the molecule is O=C(O)C(CCCc1ccccc1)C(O)=S. The molecule has 1 rings (SSSR count). The molecular formula is C12H14O3S. The number of carbonyl (C=O) groups is 1. The van der Waals surface area contributed by atoms with E-state index in [1.165, 1.54) is 0 Å². The van der Waals surface area contributed by atoms with Crippen LogP contribution >= 0.6 is 12.2 Å². The average Bonchev–Trinajstić information content (AvgIpc) is 2.24. The van der Waals surface area contributed by atoms with Crippen LogP contribution in [0.2, 0.25) is 0 Å². The number of carboxylic acid groups (broad SMARTS) is 1. The minimum atomic E-state index is -1.06. The van der Waals surface area contributed by atoms with Crippen molar-refractivity contribution in [1.29, 1.82) is 0 Å². The zero-order valence-electron chi connectivity index (χ0n) is 8.80. The fourth-order valence-corrected chi connectivity index (χ4v) is 1.73. The Bertz CT molecular complexity index is 348. The Kier molecular flexibility index (Phi) is 4.92. The van der Waals surface area contributed by atoms with Crippen LogP contribution in [0, 0.1) is 5.92 Å². The molecule has 3 nitrogen and oxygen atoms in total. The van der Waals surface area contributed by atoms with Crippen LogP contribution in [-0.2, 0) is 11.2 Å². The van der Waals surface area contributed by atoms with E-state index in [1.54, 1.807) is 0 Å². The lowest BCUT2D eigenvalue weighted by molar-refractivity contribution is -0.139. The molecule has 0 amide bonds. The van der Waals surface area contributed by atoms with Gasteiger partial charge in [-0.3, -0.25) is 4.79 Å². The lowest BCUT2D eigenvalue weighted by Gasteiger charge is -2.08. The van der Waals surface area contributed by atoms with Crippen LogP contribution in [0.25, 0.3) is 0 Å². The second-order valence-electron chi connectivity index (χ2n) is 3.61. The van der Waals surface area contributed by atoms with E-state index in [-0.39, 0.29) is 0 Å². The van der Waals surface area contributed by atoms with Gasteiger partial charge in [-0.05, 0) is 37.0 Å². The van der Waals surface area contributed by atoms with E-state index < -0.39 is 16.9 Å². The summed E-state index contributed by atoms with van der Waals surface area (Å²) in [5.74, 6) is -1.97. The highest BCUT2D eigenvalue weighted by Crippen LogP contribution is 2.12. The molecule has 0 aliphatic rings. The molecular weight excluding hydrogens is 224 g/mol. The molecule has 0 aliphatic carbocycles. The van der Waals surface area contributed by atoms with Crippen molar-refractivity contribution in [3.63, 3.8) is 0 Å². The Labute approximate surface area is 99.7 Å². The number of rotatable bonds is 6. The Morgan fingerprint density at radius 2 is 1.88 bits per heavy atom. The lowest BCUT2D eigenvalue weighted by atomic mass is 10.0. The van der Waals surface area contributed by atoms with Gasteiger partial charge in [0.2, 0.25) is 0 Å². The minimum absolute atomic E-state index is 0.375. The van der Waals surface area contributed by atoms with Crippen LogP contribution in [0.1, 0.15) is 18.4 Å². The molecule has 1 unspecified atom stereocenters. The normalized spacial score (nSPS) is 12.0. The quantitative estimate of drug-likeness (QED) is 0.748. The average molecular weight is 238 g/mol. The number of aliphatic carboxylic acids is 1. The third kappa shape index (κ3) is 3.98. The molecule has 16 heavy (non-hydrogen) atoms. The molecule has 86 valence electrons. The second kappa shape index (κ2) is 6.23. The summed E-state index contributed by atoms with van der Waals surface area (Å²) in [5.41, 5.74) is 1.16. The third-order valence-electron chi connectivity index (χ3n) is 2.40. The first-order chi connectivity index (χ1) is 7.61. The maximum absolute atomic E-state index is 10.7. The van der Waals surface area contributed by atoms with E-state index in [4.69, 9.17) is 10.2 Å². The molecule has 0 bridgehead atoms. The van der Waals surface area contributed by atoms with E-state index in [9.17, 15) is 4.79 Å². The van der Waals surface area contributed by atoms with E-state index in [0.29, 0.717) is 12.8 Å². The Hall–Kier alpha value is -1.42.